The number of benzene rings is 1. The smallest absolute Gasteiger partial charge is 0.335 e. The first kappa shape index (κ1) is 15.3. The zero-order valence-corrected chi connectivity index (χ0v) is 12.1. The van der Waals surface area contributed by atoms with Crippen LogP contribution in [0.3, 0.4) is 0 Å². The van der Waals surface area contributed by atoms with Crippen molar-refractivity contribution in [2.24, 2.45) is 0 Å². The summed E-state index contributed by atoms with van der Waals surface area (Å²) in [5.41, 5.74) is 0.0394. The molecule has 0 saturated carbocycles. The van der Waals surface area contributed by atoms with Crippen LogP contribution in [-0.4, -0.2) is 25.5 Å². The molecule has 0 saturated heterocycles. The highest BCUT2D eigenvalue weighted by atomic mass is 32.2. The molecule has 1 atom stereocenters. The lowest BCUT2D eigenvalue weighted by atomic mass is 10.2. The molecule has 2 N–H and O–H groups in total. The maximum absolute atomic E-state index is 12.2. The summed E-state index contributed by atoms with van der Waals surface area (Å²) in [5.74, 6) is -0.412. The van der Waals surface area contributed by atoms with Gasteiger partial charge in [0.1, 0.15) is 5.76 Å². The minimum atomic E-state index is -3.69. The van der Waals surface area contributed by atoms with Crippen LogP contribution >= 0.6 is 0 Å². The third-order valence-electron chi connectivity index (χ3n) is 2.86. The van der Waals surface area contributed by atoms with Gasteiger partial charge in [-0.3, -0.25) is 0 Å². The van der Waals surface area contributed by atoms with Crippen molar-refractivity contribution in [2.75, 3.05) is 0 Å². The predicted octanol–water partition coefficient (Wildman–Crippen LogP) is 1.89. The first-order valence-corrected chi connectivity index (χ1v) is 7.75. The fraction of sp³-hybridized carbons (Fsp3) is 0.214. The van der Waals surface area contributed by atoms with E-state index >= 15 is 0 Å². The molecule has 0 aliphatic carbocycles. The number of aromatic carboxylic acids is 1. The number of nitrogens with one attached hydrogen (secondary N) is 1. The van der Waals surface area contributed by atoms with Crippen molar-refractivity contribution in [3.63, 3.8) is 0 Å². The highest BCUT2D eigenvalue weighted by molar-refractivity contribution is 7.89. The van der Waals surface area contributed by atoms with Crippen LogP contribution in [0.1, 0.15) is 23.0 Å². The van der Waals surface area contributed by atoms with E-state index in [0.29, 0.717) is 12.2 Å². The van der Waals surface area contributed by atoms with E-state index in [2.05, 4.69) is 4.72 Å². The van der Waals surface area contributed by atoms with Crippen molar-refractivity contribution in [3.8, 4) is 0 Å². The lowest BCUT2D eigenvalue weighted by Crippen LogP contribution is -2.34. The predicted molar refractivity (Wildman–Crippen MR) is 75.6 cm³/mol. The average Bonchev–Trinajstić information content (AvgIpc) is 2.90. The van der Waals surface area contributed by atoms with Crippen LogP contribution in [0, 0.1) is 0 Å². The molecule has 0 amide bonds. The number of sulfonamides is 1. The number of furan rings is 1. The highest BCUT2D eigenvalue weighted by Gasteiger charge is 2.18. The fourth-order valence-corrected chi connectivity index (χ4v) is 3.13. The lowest BCUT2D eigenvalue weighted by molar-refractivity contribution is 0.0696. The number of carboxylic acids is 1. The molecule has 0 radical (unpaired) electrons. The lowest BCUT2D eigenvalue weighted by Gasteiger charge is -2.13. The van der Waals surface area contributed by atoms with Crippen molar-refractivity contribution >= 4 is 16.0 Å². The summed E-state index contributed by atoms with van der Waals surface area (Å²) >= 11 is 0. The molecule has 0 aliphatic heterocycles. The number of hydrogen-bond acceptors (Lipinski definition) is 4. The van der Waals surface area contributed by atoms with Crippen LogP contribution in [0.15, 0.2) is 52.0 Å². The van der Waals surface area contributed by atoms with Gasteiger partial charge >= 0.3 is 5.97 Å². The minimum absolute atomic E-state index is 0.0267. The molecule has 2 rings (SSSR count). The molecule has 0 bridgehead atoms. The molecular formula is C14H15NO5S. The molecule has 1 heterocycles. The van der Waals surface area contributed by atoms with E-state index in [-0.39, 0.29) is 16.5 Å². The van der Waals surface area contributed by atoms with E-state index in [1.165, 1.54) is 30.5 Å². The van der Waals surface area contributed by atoms with Gasteiger partial charge in [0.2, 0.25) is 10.0 Å². The molecule has 6 nitrogen and oxygen atoms in total. The molecule has 1 aromatic carbocycles. The van der Waals surface area contributed by atoms with Crippen LogP contribution < -0.4 is 4.72 Å². The molecule has 0 fully saturated rings. The zero-order valence-electron chi connectivity index (χ0n) is 11.3. The van der Waals surface area contributed by atoms with Crippen LogP contribution in [0.4, 0.5) is 0 Å². The largest absolute Gasteiger partial charge is 0.478 e. The number of carbonyl (C=O) groups is 1. The second kappa shape index (κ2) is 6.11. The van der Waals surface area contributed by atoms with Crippen LogP contribution in [0.25, 0.3) is 0 Å². The Morgan fingerprint density at radius 1 is 1.29 bits per heavy atom. The average molecular weight is 309 g/mol. The maximum atomic E-state index is 12.2. The second-order valence-electron chi connectivity index (χ2n) is 4.64. The van der Waals surface area contributed by atoms with Gasteiger partial charge in [-0.05, 0) is 43.3 Å². The SMILES string of the molecule is CC(Cc1ccco1)NS(=O)(=O)c1ccc(C(=O)O)cc1. The van der Waals surface area contributed by atoms with Crippen molar-refractivity contribution in [1.82, 2.24) is 4.72 Å². The Balaban J connectivity index is 2.08. The Morgan fingerprint density at radius 3 is 2.48 bits per heavy atom. The molecule has 2 aromatic rings. The van der Waals surface area contributed by atoms with Gasteiger partial charge in [-0.25, -0.2) is 17.9 Å². The van der Waals surface area contributed by atoms with E-state index in [4.69, 9.17) is 9.52 Å². The quantitative estimate of drug-likeness (QED) is 0.849. The summed E-state index contributed by atoms with van der Waals surface area (Å²) in [6, 6.07) is 8.22. The third-order valence-corrected chi connectivity index (χ3v) is 4.46. The molecule has 21 heavy (non-hydrogen) atoms. The van der Waals surface area contributed by atoms with E-state index < -0.39 is 16.0 Å². The summed E-state index contributed by atoms with van der Waals surface area (Å²) < 4.78 is 32.0. The van der Waals surface area contributed by atoms with Gasteiger partial charge in [0.15, 0.2) is 0 Å². The summed E-state index contributed by atoms with van der Waals surface area (Å²) in [5, 5.41) is 8.79. The summed E-state index contributed by atoms with van der Waals surface area (Å²) in [6.45, 7) is 1.73. The standard InChI is InChI=1S/C14H15NO5S/c1-10(9-12-3-2-8-20-12)15-21(18,19)13-6-4-11(5-7-13)14(16)17/h2-8,10,15H,9H2,1H3,(H,16,17). The summed E-state index contributed by atoms with van der Waals surface area (Å²) in [6.07, 6.45) is 1.96. The van der Waals surface area contributed by atoms with Gasteiger partial charge in [-0.1, -0.05) is 0 Å². The van der Waals surface area contributed by atoms with Crippen LogP contribution in [-0.2, 0) is 16.4 Å². The minimum Gasteiger partial charge on any atom is -0.478 e. The van der Waals surface area contributed by atoms with Gasteiger partial charge < -0.3 is 9.52 Å². The summed E-state index contributed by atoms with van der Waals surface area (Å²) in [7, 11) is -3.69. The van der Waals surface area contributed by atoms with Gasteiger partial charge in [0.05, 0.1) is 16.7 Å². The molecule has 112 valence electrons. The topological polar surface area (TPSA) is 96.6 Å². The second-order valence-corrected chi connectivity index (χ2v) is 6.35. The fourth-order valence-electron chi connectivity index (χ4n) is 1.88. The molecular weight excluding hydrogens is 294 g/mol. The van der Waals surface area contributed by atoms with E-state index in [1.54, 1.807) is 19.1 Å². The van der Waals surface area contributed by atoms with Gasteiger partial charge in [-0.2, -0.15) is 0 Å². The van der Waals surface area contributed by atoms with Crippen molar-refractivity contribution < 1.29 is 22.7 Å². The first-order chi connectivity index (χ1) is 9.88. The molecule has 1 aromatic heterocycles. The Morgan fingerprint density at radius 2 is 1.95 bits per heavy atom. The zero-order chi connectivity index (χ0) is 15.5. The van der Waals surface area contributed by atoms with Crippen LogP contribution in [0.2, 0.25) is 0 Å². The van der Waals surface area contributed by atoms with Gasteiger partial charge in [-0.15, -0.1) is 0 Å². The number of hydrogen-bond donors (Lipinski definition) is 2. The molecule has 7 heteroatoms. The molecule has 1 unspecified atom stereocenters. The molecule has 0 spiro atoms. The van der Waals surface area contributed by atoms with Gasteiger partial charge in [0, 0.05) is 12.5 Å². The number of rotatable bonds is 6. The van der Waals surface area contributed by atoms with Crippen LogP contribution in [0.5, 0.6) is 0 Å². The van der Waals surface area contributed by atoms with Crippen molar-refractivity contribution in [3.05, 3.63) is 54.0 Å². The van der Waals surface area contributed by atoms with Gasteiger partial charge in [0.25, 0.3) is 0 Å². The Hall–Kier alpha value is -2.12. The van der Waals surface area contributed by atoms with E-state index in [9.17, 15) is 13.2 Å². The highest BCUT2D eigenvalue weighted by Crippen LogP contribution is 2.12. The Bertz CT molecular complexity index is 704. The Labute approximate surface area is 122 Å². The normalized spacial score (nSPS) is 13.0. The first-order valence-electron chi connectivity index (χ1n) is 6.26. The van der Waals surface area contributed by atoms with Crippen molar-refractivity contribution in [1.29, 1.82) is 0 Å². The van der Waals surface area contributed by atoms with E-state index in [1.807, 2.05) is 0 Å². The number of carboxylic acid groups (broad SMARTS) is 1. The third kappa shape index (κ3) is 3.93. The maximum Gasteiger partial charge on any atom is 0.335 e. The molecule has 0 aliphatic rings. The van der Waals surface area contributed by atoms with E-state index in [0.717, 1.165) is 0 Å². The summed E-state index contributed by atoms with van der Waals surface area (Å²) in [4.78, 5) is 10.8. The van der Waals surface area contributed by atoms with Crippen molar-refractivity contribution in [2.45, 2.75) is 24.3 Å². The monoisotopic (exact) mass is 309 g/mol. The Kier molecular flexibility index (Phi) is 4.44.